The average molecular weight is 394 g/mol. The van der Waals surface area contributed by atoms with E-state index in [1.165, 1.54) is 0 Å². The molecule has 4 nitrogen and oxygen atoms in total. The van der Waals surface area contributed by atoms with Crippen LogP contribution in [0.5, 0.6) is 0 Å². The van der Waals surface area contributed by atoms with E-state index in [1.54, 1.807) is 12.1 Å². The smallest absolute Gasteiger partial charge is 0.309 e. The van der Waals surface area contributed by atoms with Crippen LogP contribution in [0.25, 0.3) is 0 Å². The van der Waals surface area contributed by atoms with Crippen molar-refractivity contribution in [1.29, 1.82) is 0 Å². The number of ether oxygens (including phenoxy) is 1. The van der Waals surface area contributed by atoms with Crippen LogP contribution in [0.15, 0.2) is 54.6 Å². The van der Waals surface area contributed by atoms with Crippen molar-refractivity contribution in [2.24, 2.45) is 17.3 Å². The van der Waals surface area contributed by atoms with Gasteiger partial charge in [0.2, 0.25) is 0 Å². The van der Waals surface area contributed by atoms with Crippen molar-refractivity contribution in [2.45, 2.75) is 53.1 Å². The third kappa shape index (κ3) is 5.93. The molecule has 0 unspecified atom stereocenters. The molecule has 0 heterocycles. The fourth-order valence-corrected chi connectivity index (χ4v) is 3.94. The lowest BCUT2D eigenvalue weighted by molar-refractivity contribution is -0.151. The number of esters is 1. The van der Waals surface area contributed by atoms with Gasteiger partial charge in [0, 0.05) is 11.3 Å². The van der Waals surface area contributed by atoms with Gasteiger partial charge in [-0.25, -0.2) is 0 Å². The Labute approximate surface area is 173 Å². The Morgan fingerprint density at radius 2 is 1.55 bits per heavy atom. The normalized spacial score (nSPS) is 19.4. The van der Waals surface area contributed by atoms with E-state index < -0.39 is 0 Å². The van der Waals surface area contributed by atoms with Gasteiger partial charge in [0.1, 0.15) is 6.61 Å². The van der Waals surface area contributed by atoms with Gasteiger partial charge in [-0.05, 0) is 66.8 Å². The molecule has 0 saturated heterocycles. The minimum Gasteiger partial charge on any atom is -0.461 e. The van der Waals surface area contributed by atoms with E-state index in [2.05, 4.69) is 26.1 Å². The standard InChI is InChI=1S/C25H31NO3/c1-25(2,3)21-15-13-20(14-16-21)24(28)29-17-18-9-11-19(12-10-18)23(27)26-22-7-5-4-6-8-22/h4-12,20-21H,13-17H2,1-3H3,(H,26,27). The number of amides is 1. The highest BCUT2D eigenvalue weighted by Gasteiger charge is 2.32. The molecule has 1 aliphatic carbocycles. The second-order valence-electron chi connectivity index (χ2n) is 9.04. The Bertz CT molecular complexity index is 813. The highest BCUT2D eigenvalue weighted by molar-refractivity contribution is 6.04. The predicted octanol–water partition coefficient (Wildman–Crippen LogP) is 5.83. The fraction of sp³-hybridized carbons (Fsp3) is 0.440. The molecule has 0 aliphatic heterocycles. The number of benzene rings is 2. The lowest BCUT2D eigenvalue weighted by Crippen LogP contribution is -2.29. The lowest BCUT2D eigenvalue weighted by atomic mass is 9.70. The molecule has 3 rings (SSSR count). The molecule has 2 aromatic rings. The predicted molar refractivity (Wildman–Crippen MR) is 116 cm³/mol. The summed E-state index contributed by atoms with van der Waals surface area (Å²) < 4.78 is 5.54. The molecule has 0 spiro atoms. The highest BCUT2D eigenvalue weighted by Crippen LogP contribution is 2.40. The van der Waals surface area contributed by atoms with Crippen molar-refractivity contribution in [2.75, 3.05) is 5.32 Å². The molecule has 0 radical (unpaired) electrons. The summed E-state index contributed by atoms with van der Waals surface area (Å²) in [6.45, 7) is 7.08. The Morgan fingerprint density at radius 1 is 0.931 bits per heavy atom. The monoisotopic (exact) mass is 393 g/mol. The van der Waals surface area contributed by atoms with Gasteiger partial charge in [0.05, 0.1) is 5.92 Å². The molecule has 1 fully saturated rings. The van der Waals surface area contributed by atoms with Crippen LogP contribution in [-0.4, -0.2) is 11.9 Å². The Kier molecular flexibility index (Phi) is 6.73. The van der Waals surface area contributed by atoms with Crippen molar-refractivity contribution >= 4 is 17.6 Å². The third-order valence-electron chi connectivity index (χ3n) is 5.91. The van der Waals surface area contributed by atoms with Crippen molar-refractivity contribution < 1.29 is 14.3 Å². The van der Waals surface area contributed by atoms with E-state index in [4.69, 9.17) is 4.74 Å². The molecule has 1 amide bonds. The maximum atomic E-state index is 12.4. The van der Waals surface area contributed by atoms with Crippen LogP contribution in [0.2, 0.25) is 0 Å². The zero-order valence-electron chi connectivity index (χ0n) is 17.6. The maximum absolute atomic E-state index is 12.4. The van der Waals surface area contributed by atoms with Gasteiger partial charge in [0.15, 0.2) is 0 Å². The SMILES string of the molecule is CC(C)(C)C1CCC(C(=O)OCc2ccc(C(=O)Nc3ccccc3)cc2)CC1. The number of carbonyl (C=O) groups excluding carboxylic acids is 2. The summed E-state index contributed by atoms with van der Waals surface area (Å²) in [6.07, 6.45) is 4.02. The summed E-state index contributed by atoms with van der Waals surface area (Å²) >= 11 is 0. The van der Waals surface area contributed by atoms with Crippen molar-refractivity contribution in [3.8, 4) is 0 Å². The molecule has 0 aromatic heterocycles. The number of hydrogen-bond donors (Lipinski definition) is 1. The quantitative estimate of drug-likeness (QED) is 0.650. The molecule has 154 valence electrons. The van der Waals surface area contributed by atoms with Crippen LogP contribution in [0.3, 0.4) is 0 Å². The fourth-order valence-electron chi connectivity index (χ4n) is 3.94. The summed E-state index contributed by atoms with van der Waals surface area (Å²) in [5.74, 6) is 0.448. The first-order valence-corrected chi connectivity index (χ1v) is 10.4. The molecular formula is C25H31NO3. The number of nitrogens with one attached hydrogen (secondary N) is 1. The molecular weight excluding hydrogens is 362 g/mol. The van der Waals surface area contributed by atoms with E-state index in [-0.39, 0.29) is 24.4 Å². The van der Waals surface area contributed by atoms with Gasteiger partial charge in [-0.1, -0.05) is 51.1 Å². The molecule has 0 atom stereocenters. The van der Waals surface area contributed by atoms with Crippen LogP contribution in [0.4, 0.5) is 5.69 Å². The van der Waals surface area contributed by atoms with Crippen LogP contribution in [0, 0.1) is 17.3 Å². The van der Waals surface area contributed by atoms with Crippen molar-refractivity contribution in [3.63, 3.8) is 0 Å². The molecule has 1 aliphatic rings. The zero-order chi connectivity index (χ0) is 20.9. The summed E-state index contributed by atoms with van der Waals surface area (Å²) in [7, 11) is 0. The Balaban J connectivity index is 1.46. The van der Waals surface area contributed by atoms with E-state index >= 15 is 0 Å². The second kappa shape index (κ2) is 9.25. The number of rotatable bonds is 5. The molecule has 4 heteroatoms. The topological polar surface area (TPSA) is 55.4 Å². The van der Waals surface area contributed by atoms with Crippen LogP contribution in [-0.2, 0) is 16.1 Å². The molecule has 1 saturated carbocycles. The number of carbonyl (C=O) groups is 2. The Hall–Kier alpha value is -2.62. The minimum atomic E-state index is -0.157. The van der Waals surface area contributed by atoms with Gasteiger partial charge in [-0.15, -0.1) is 0 Å². The van der Waals surface area contributed by atoms with Gasteiger partial charge >= 0.3 is 5.97 Å². The van der Waals surface area contributed by atoms with E-state index in [0.29, 0.717) is 16.9 Å². The summed E-state index contributed by atoms with van der Waals surface area (Å²) in [5.41, 5.74) is 2.53. The van der Waals surface area contributed by atoms with Crippen LogP contribution >= 0.6 is 0 Å². The number of anilines is 1. The molecule has 1 N–H and O–H groups in total. The van der Waals surface area contributed by atoms with Crippen molar-refractivity contribution in [1.82, 2.24) is 0 Å². The first-order valence-electron chi connectivity index (χ1n) is 10.4. The molecule has 29 heavy (non-hydrogen) atoms. The van der Waals surface area contributed by atoms with E-state index in [0.717, 1.165) is 36.9 Å². The molecule has 0 bridgehead atoms. The van der Waals surface area contributed by atoms with Gasteiger partial charge in [-0.2, -0.15) is 0 Å². The average Bonchev–Trinajstić information content (AvgIpc) is 2.72. The summed E-state index contributed by atoms with van der Waals surface area (Å²) in [5, 5.41) is 2.86. The maximum Gasteiger partial charge on any atom is 0.309 e. The van der Waals surface area contributed by atoms with Gasteiger partial charge in [-0.3, -0.25) is 9.59 Å². The van der Waals surface area contributed by atoms with Crippen LogP contribution < -0.4 is 5.32 Å². The summed E-state index contributed by atoms with van der Waals surface area (Å²) in [6, 6.07) is 16.5. The first kappa shape index (κ1) is 21.1. The first-order chi connectivity index (χ1) is 13.8. The van der Waals surface area contributed by atoms with Crippen LogP contribution in [0.1, 0.15) is 62.4 Å². The zero-order valence-corrected chi connectivity index (χ0v) is 17.6. The lowest BCUT2D eigenvalue weighted by Gasteiger charge is -2.36. The number of hydrogen-bond acceptors (Lipinski definition) is 3. The minimum absolute atomic E-state index is 0.0181. The van der Waals surface area contributed by atoms with Gasteiger partial charge < -0.3 is 10.1 Å². The van der Waals surface area contributed by atoms with Gasteiger partial charge in [0.25, 0.3) is 5.91 Å². The largest absolute Gasteiger partial charge is 0.461 e. The third-order valence-corrected chi connectivity index (χ3v) is 5.91. The van der Waals surface area contributed by atoms with E-state index in [9.17, 15) is 9.59 Å². The van der Waals surface area contributed by atoms with E-state index in [1.807, 2.05) is 42.5 Å². The summed E-state index contributed by atoms with van der Waals surface area (Å²) in [4.78, 5) is 24.7. The molecule has 2 aromatic carbocycles. The highest BCUT2D eigenvalue weighted by atomic mass is 16.5. The Morgan fingerprint density at radius 3 is 2.14 bits per heavy atom. The number of para-hydroxylation sites is 1. The second-order valence-corrected chi connectivity index (χ2v) is 9.04. The van der Waals surface area contributed by atoms with Crippen molar-refractivity contribution in [3.05, 3.63) is 65.7 Å².